The summed E-state index contributed by atoms with van der Waals surface area (Å²) in [5.74, 6) is -1.29. The topological polar surface area (TPSA) is 111 Å². The van der Waals surface area contributed by atoms with Crippen molar-refractivity contribution in [2.24, 2.45) is 0 Å². The molecule has 0 aromatic heterocycles. The van der Waals surface area contributed by atoms with Crippen molar-refractivity contribution >= 4 is 37.3 Å². The van der Waals surface area contributed by atoms with Crippen molar-refractivity contribution in [3.05, 3.63) is 34.9 Å². The number of benzene rings is 1. The van der Waals surface area contributed by atoms with E-state index in [1.807, 2.05) is 50.1 Å². The van der Waals surface area contributed by atoms with E-state index in [-0.39, 0.29) is 12.3 Å². The zero-order valence-electron chi connectivity index (χ0n) is 21.6. The zero-order valence-corrected chi connectivity index (χ0v) is 26.1. The van der Waals surface area contributed by atoms with Crippen molar-refractivity contribution in [2.45, 2.75) is 64.8 Å². The number of alkyl carbamates (subject to hydrolysis) is 1. The van der Waals surface area contributed by atoms with Gasteiger partial charge in [-0.15, -0.1) is 11.1 Å². The SMILES string of the molecule is CN(C)Cc1[c-]c(CN(C)C)cc(C(=O)NCCCC[C@H](NC(=O)OC(C)(C)C)C(=O)O)c1.[I][Pt+]. The van der Waals surface area contributed by atoms with Crippen molar-refractivity contribution in [1.29, 1.82) is 0 Å². The Balaban J connectivity index is 0.00000562. The van der Waals surface area contributed by atoms with Crippen molar-refractivity contribution in [3.63, 3.8) is 0 Å². The van der Waals surface area contributed by atoms with E-state index in [1.165, 1.54) is 0 Å². The molecule has 0 aliphatic heterocycles. The van der Waals surface area contributed by atoms with E-state index < -0.39 is 23.7 Å². The van der Waals surface area contributed by atoms with Gasteiger partial charge in [-0.05, 0) is 68.2 Å². The summed E-state index contributed by atoms with van der Waals surface area (Å²) in [5, 5.41) is 14.6. The summed E-state index contributed by atoms with van der Waals surface area (Å²) in [6.45, 7) is 6.90. The van der Waals surface area contributed by atoms with Crippen LogP contribution in [0.25, 0.3) is 0 Å². The van der Waals surface area contributed by atoms with Crippen LogP contribution >= 0.6 is 19.4 Å². The minimum atomic E-state index is -1.12. The summed E-state index contributed by atoms with van der Waals surface area (Å²) in [6.07, 6.45) is 0.587. The standard InChI is InChI=1S/C24H39N4O5.HI.Pt/c1-24(2,3)33-23(32)26-20(22(30)31)10-8-9-11-25-21(29)19-13-17(15-27(4)5)12-18(14-19)16-28(6)7;;/h13-14,20H,8-11,15-16H2,1-7H3,(H,25,29)(H,26,32)(H,30,31);1H;/q-1;;+2/p-1/t20-;;/m0../s1. The molecular weight excluding hydrogens is 746 g/mol. The third-order valence-electron chi connectivity index (χ3n) is 4.41. The Morgan fingerprint density at radius 1 is 1.06 bits per heavy atom. The van der Waals surface area contributed by atoms with Crippen LogP contribution in [0.4, 0.5) is 4.79 Å². The number of carbonyl (C=O) groups is 3. The Hall–Kier alpha value is -1.23. The molecule has 0 fully saturated rings. The first-order chi connectivity index (χ1) is 16.3. The molecule has 0 bridgehead atoms. The molecule has 3 N–H and O–H groups in total. The molecule has 9 nitrogen and oxygen atoms in total. The maximum absolute atomic E-state index is 12.7. The fourth-order valence-electron chi connectivity index (χ4n) is 3.16. The van der Waals surface area contributed by atoms with Crippen molar-refractivity contribution in [1.82, 2.24) is 20.4 Å². The number of carbonyl (C=O) groups excluding carboxylic acids is 2. The van der Waals surface area contributed by atoms with Crippen LogP contribution in [0.1, 0.15) is 61.5 Å². The fraction of sp³-hybridized carbons (Fsp3) is 0.625. The summed E-state index contributed by atoms with van der Waals surface area (Å²) in [4.78, 5) is 40.0. The monoisotopic (exact) mass is 785 g/mol. The molecule has 11 heteroatoms. The van der Waals surface area contributed by atoms with E-state index in [0.29, 0.717) is 38.0 Å². The molecule has 1 rings (SSSR count). The van der Waals surface area contributed by atoms with E-state index in [4.69, 9.17) is 4.74 Å². The van der Waals surface area contributed by atoms with Gasteiger partial charge in [0.25, 0.3) is 0 Å². The molecule has 0 saturated carbocycles. The second kappa shape index (κ2) is 17.3. The maximum atomic E-state index is 12.7. The molecule has 35 heavy (non-hydrogen) atoms. The number of hydrogen-bond donors (Lipinski definition) is 3. The van der Waals surface area contributed by atoms with Gasteiger partial charge in [0, 0.05) is 19.6 Å². The van der Waals surface area contributed by atoms with Crippen LogP contribution in [0.3, 0.4) is 0 Å². The fourth-order valence-corrected chi connectivity index (χ4v) is 3.16. The molecule has 0 radical (unpaired) electrons. The van der Waals surface area contributed by atoms with Gasteiger partial charge >= 0.3 is 47.5 Å². The third kappa shape index (κ3) is 16.2. The normalized spacial score (nSPS) is 12.0. The second-order valence-corrected chi connectivity index (χ2v) is 9.68. The first kappa shape index (κ1) is 33.8. The quantitative estimate of drug-likeness (QED) is 0.170. The molecule has 202 valence electrons. The van der Waals surface area contributed by atoms with Gasteiger partial charge in [-0.25, -0.2) is 9.59 Å². The van der Waals surface area contributed by atoms with Gasteiger partial charge in [0.15, 0.2) is 0 Å². The molecular formula is C24H39IN4O5Pt. The van der Waals surface area contributed by atoms with Crippen molar-refractivity contribution in [3.8, 4) is 0 Å². The summed E-state index contributed by atoms with van der Waals surface area (Å²) >= 11 is 4.23. The number of carboxylic acid groups (broad SMARTS) is 1. The number of nitrogens with zero attached hydrogens (tertiary/aromatic N) is 2. The number of halogens is 1. The van der Waals surface area contributed by atoms with E-state index in [9.17, 15) is 19.5 Å². The molecule has 0 saturated heterocycles. The first-order valence-electron chi connectivity index (χ1n) is 11.2. The van der Waals surface area contributed by atoms with Gasteiger partial charge < -0.3 is 30.3 Å². The van der Waals surface area contributed by atoms with Crippen LogP contribution in [-0.2, 0) is 38.8 Å². The number of aliphatic carboxylic acids is 1. The molecule has 2 amide bonds. The van der Waals surface area contributed by atoms with Gasteiger partial charge in [-0.3, -0.25) is 4.79 Å². The Kier molecular flexibility index (Phi) is 16.7. The number of ether oxygens (including phenoxy) is 1. The van der Waals surface area contributed by atoms with E-state index in [2.05, 4.69) is 52.2 Å². The molecule has 1 atom stereocenters. The molecule has 0 aliphatic carbocycles. The summed E-state index contributed by atoms with van der Waals surface area (Å²) in [7, 11) is 7.87. The summed E-state index contributed by atoms with van der Waals surface area (Å²) in [6, 6.07) is 6.02. The van der Waals surface area contributed by atoms with Crippen LogP contribution < -0.4 is 10.6 Å². The van der Waals surface area contributed by atoms with Gasteiger partial charge in [0.05, 0.1) is 0 Å². The number of hydrogen-bond acceptors (Lipinski definition) is 6. The van der Waals surface area contributed by atoms with Crippen LogP contribution in [0.15, 0.2) is 12.1 Å². The molecule has 1 aromatic rings. The Bertz CT molecular complexity index is 787. The van der Waals surface area contributed by atoms with Crippen LogP contribution in [0.5, 0.6) is 0 Å². The zero-order chi connectivity index (χ0) is 27.2. The Morgan fingerprint density at radius 3 is 2.00 bits per heavy atom. The minimum absolute atomic E-state index is 0.175. The summed E-state index contributed by atoms with van der Waals surface area (Å²) < 4.78 is 5.11. The van der Waals surface area contributed by atoms with Crippen LogP contribution in [0, 0.1) is 6.07 Å². The number of carboxylic acids is 1. The molecule has 0 aliphatic rings. The molecule has 0 unspecified atom stereocenters. The number of amides is 2. The van der Waals surface area contributed by atoms with Crippen molar-refractivity contribution in [2.75, 3.05) is 34.7 Å². The Morgan fingerprint density at radius 2 is 1.57 bits per heavy atom. The first-order valence-corrected chi connectivity index (χ1v) is 17.7. The molecule has 1 aromatic carbocycles. The third-order valence-corrected chi connectivity index (χ3v) is 4.41. The second-order valence-electron chi connectivity index (χ2n) is 9.68. The molecule has 0 heterocycles. The van der Waals surface area contributed by atoms with E-state index in [1.54, 1.807) is 20.8 Å². The predicted octanol–water partition coefficient (Wildman–Crippen LogP) is 3.37. The molecule has 0 spiro atoms. The average molecular weight is 786 g/mol. The van der Waals surface area contributed by atoms with Gasteiger partial charge in [-0.2, -0.15) is 18.2 Å². The number of rotatable bonds is 12. The summed E-state index contributed by atoms with van der Waals surface area (Å²) in [5.41, 5.74) is 1.77. The number of unbranched alkanes of at least 4 members (excludes halogenated alkanes) is 1. The Labute approximate surface area is 231 Å². The van der Waals surface area contributed by atoms with E-state index in [0.717, 1.165) is 11.1 Å². The number of nitrogens with one attached hydrogen (secondary N) is 2. The van der Waals surface area contributed by atoms with E-state index >= 15 is 0 Å². The van der Waals surface area contributed by atoms with Gasteiger partial charge in [0.1, 0.15) is 11.6 Å². The predicted molar refractivity (Wildman–Crippen MR) is 141 cm³/mol. The van der Waals surface area contributed by atoms with Crippen molar-refractivity contribution < 1.29 is 40.4 Å². The van der Waals surface area contributed by atoms with Gasteiger partial charge in [0.2, 0.25) is 5.91 Å². The average Bonchev–Trinajstić information content (AvgIpc) is 2.71. The van der Waals surface area contributed by atoms with Gasteiger partial charge in [-0.1, -0.05) is 5.56 Å². The van der Waals surface area contributed by atoms with Crippen LogP contribution in [-0.4, -0.2) is 79.3 Å². The van der Waals surface area contributed by atoms with Crippen LogP contribution in [0.2, 0.25) is 0 Å².